The van der Waals surface area contributed by atoms with Crippen LogP contribution in [-0.4, -0.2) is 9.97 Å². The Morgan fingerprint density at radius 3 is 2.47 bits per heavy atom. The van der Waals surface area contributed by atoms with Crippen LogP contribution < -0.4 is 5.32 Å². The molecular formula is C14H13N3S2. The van der Waals surface area contributed by atoms with Crippen LogP contribution in [0.15, 0.2) is 41.1 Å². The predicted molar refractivity (Wildman–Crippen MR) is 81.7 cm³/mol. The fourth-order valence-electron chi connectivity index (χ4n) is 1.73. The normalized spacial score (nSPS) is 10.6. The van der Waals surface area contributed by atoms with Gasteiger partial charge in [0.25, 0.3) is 0 Å². The number of nitrogens with zero attached hydrogens (tertiary/aromatic N) is 2. The lowest BCUT2D eigenvalue weighted by Crippen LogP contribution is -1.98. The number of anilines is 1. The van der Waals surface area contributed by atoms with Gasteiger partial charge in [0.15, 0.2) is 5.13 Å². The van der Waals surface area contributed by atoms with Gasteiger partial charge in [-0.05, 0) is 12.5 Å². The first-order valence-electron chi connectivity index (χ1n) is 5.97. The summed E-state index contributed by atoms with van der Waals surface area (Å²) < 4.78 is 0. The number of aromatic nitrogens is 2. The van der Waals surface area contributed by atoms with E-state index in [2.05, 4.69) is 27.4 Å². The van der Waals surface area contributed by atoms with Crippen LogP contribution in [0.25, 0.3) is 11.4 Å². The molecule has 3 nitrogen and oxygen atoms in total. The van der Waals surface area contributed by atoms with Crippen LogP contribution >= 0.6 is 22.7 Å². The van der Waals surface area contributed by atoms with Gasteiger partial charge in [-0.15, -0.1) is 22.7 Å². The number of nitrogens with one attached hydrogen (secondary N) is 1. The van der Waals surface area contributed by atoms with Crippen molar-refractivity contribution in [2.45, 2.75) is 13.5 Å². The van der Waals surface area contributed by atoms with Crippen molar-refractivity contribution < 1.29 is 0 Å². The third-order valence-corrected chi connectivity index (χ3v) is 4.25. The first-order valence-corrected chi connectivity index (χ1v) is 7.73. The molecule has 0 bridgehead atoms. The minimum atomic E-state index is 0.796. The van der Waals surface area contributed by atoms with Gasteiger partial charge in [-0.3, -0.25) is 0 Å². The monoisotopic (exact) mass is 287 g/mol. The number of aryl methyl sites for hydroxylation is 1. The lowest BCUT2D eigenvalue weighted by Gasteiger charge is -2.01. The minimum Gasteiger partial charge on any atom is -0.357 e. The number of thiazole rings is 2. The Balaban J connectivity index is 1.68. The molecule has 0 atom stereocenters. The summed E-state index contributed by atoms with van der Waals surface area (Å²) in [4.78, 5) is 9.01. The maximum Gasteiger partial charge on any atom is 0.183 e. The van der Waals surface area contributed by atoms with E-state index >= 15 is 0 Å². The van der Waals surface area contributed by atoms with Crippen LogP contribution in [0.3, 0.4) is 0 Å². The van der Waals surface area contributed by atoms with Crippen molar-refractivity contribution >= 4 is 27.8 Å². The molecule has 5 heteroatoms. The first-order chi connectivity index (χ1) is 9.31. The quantitative estimate of drug-likeness (QED) is 0.782. The van der Waals surface area contributed by atoms with Gasteiger partial charge in [0, 0.05) is 17.3 Å². The summed E-state index contributed by atoms with van der Waals surface area (Å²) in [6.07, 6.45) is 0. The molecule has 0 spiro atoms. The zero-order valence-electron chi connectivity index (χ0n) is 10.5. The lowest BCUT2D eigenvalue weighted by molar-refractivity contribution is 1.13. The maximum absolute atomic E-state index is 4.56. The van der Waals surface area contributed by atoms with E-state index in [9.17, 15) is 0 Å². The average molecular weight is 287 g/mol. The van der Waals surface area contributed by atoms with Gasteiger partial charge in [-0.1, -0.05) is 30.3 Å². The van der Waals surface area contributed by atoms with Gasteiger partial charge in [0.2, 0.25) is 0 Å². The molecule has 0 amide bonds. The SMILES string of the molecule is Cc1nc(-c2csc(NCc3ccccc3)n2)cs1. The highest BCUT2D eigenvalue weighted by Gasteiger charge is 2.07. The lowest BCUT2D eigenvalue weighted by atomic mass is 10.2. The number of hydrogen-bond acceptors (Lipinski definition) is 5. The summed E-state index contributed by atoms with van der Waals surface area (Å²) in [6, 6.07) is 10.3. The molecule has 96 valence electrons. The molecule has 0 unspecified atom stereocenters. The highest BCUT2D eigenvalue weighted by Crippen LogP contribution is 2.26. The molecule has 1 N–H and O–H groups in total. The van der Waals surface area contributed by atoms with Crippen molar-refractivity contribution in [3.05, 3.63) is 51.7 Å². The van der Waals surface area contributed by atoms with Gasteiger partial charge in [0.1, 0.15) is 11.4 Å². The molecule has 19 heavy (non-hydrogen) atoms. The number of hydrogen-bond donors (Lipinski definition) is 1. The predicted octanol–water partition coefficient (Wildman–Crippen LogP) is 4.19. The molecule has 0 fully saturated rings. The zero-order valence-corrected chi connectivity index (χ0v) is 12.1. The highest BCUT2D eigenvalue weighted by atomic mass is 32.1. The summed E-state index contributed by atoms with van der Waals surface area (Å²) in [7, 11) is 0. The van der Waals surface area contributed by atoms with E-state index in [4.69, 9.17) is 0 Å². The Hall–Kier alpha value is -1.72. The van der Waals surface area contributed by atoms with Crippen molar-refractivity contribution in [1.29, 1.82) is 0 Å². The van der Waals surface area contributed by atoms with E-state index in [0.717, 1.165) is 28.1 Å². The fourth-order valence-corrected chi connectivity index (χ4v) is 3.04. The van der Waals surface area contributed by atoms with Gasteiger partial charge in [0.05, 0.1) is 5.01 Å². The molecule has 0 aliphatic heterocycles. The van der Waals surface area contributed by atoms with Gasteiger partial charge >= 0.3 is 0 Å². The van der Waals surface area contributed by atoms with Crippen LogP contribution in [0.5, 0.6) is 0 Å². The van der Waals surface area contributed by atoms with E-state index in [1.54, 1.807) is 22.7 Å². The molecule has 0 aliphatic rings. The van der Waals surface area contributed by atoms with E-state index in [-0.39, 0.29) is 0 Å². The van der Waals surface area contributed by atoms with Crippen LogP contribution in [0.1, 0.15) is 10.6 Å². The van der Waals surface area contributed by atoms with Crippen LogP contribution in [0, 0.1) is 6.92 Å². The van der Waals surface area contributed by atoms with Gasteiger partial charge in [-0.25, -0.2) is 9.97 Å². The van der Waals surface area contributed by atoms with E-state index in [1.807, 2.05) is 35.9 Å². The smallest absolute Gasteiger partial charge is 0.183 e. The second-order valence-electron chi connectivity index (χ2n) is 4.13. The van der Waals surface area contributed by atoms with Crippen molar-refractivity contribution in [3.8, 4) is 11.4 Å². The third-order valence-electron chi connectivity index (χ3n) is 2.67. The van der Waals surface area contributed by atoms with Crippen LogP contribution in [-0.2, 0) is 6.54 Å². The Morgan fingerprint density at radius 1 is 1.00 bits per heavy atom. The number of benzene rings is 1. The first kappa shape index (κ1) is 12.3. The third kappa shape index (κ3) is 3.00. The molecule has 3 rings (SSSR count). The molecule has 1 aromatic carbocycles. The summed E-state index contributed by atoms with van der Waals surface area (Å²) >= 11 is 3.27. The largest absolute Gasteiger partial charge is 0.357 e. The summed E-state index contributed by atoms with van der Waals surface area (Å²) in [5.41, 5.74) is 3.17. The summed E-state index contributed by atoms with van der Waals surface area (Å²) in [6.45, 7) is 2.80. The Kier molecular flexibility index (Phi) is 3.57. The Bertz CT molecular complexity index is 658. The highest BCUT2D eigenvalue weighted by molar-refractivity contribution is 7.14. The van der Waals surface area contributed by atoms with E-state index in [0.29, 0.717) is 0 Å². The molecular weight excluding hydrogens is 274 g/mol. The van der Waals surface area contributed by atoms with Crippen LogP contribution in [0.2, 0.25) is 0 Å². The second-order valence-corrected chi connectivity index (χ2v) is 6.05. The van der Waals surface area contributed by atoms with Gasteiger partial charge in [-0.2, -0.15) is 0 Å². The standard InChI is InChI=1S/C14H13N3S2/c1-10-16-12(8-18-10)13-9-19-14(17-13)15-7-11-5-3-2-4-6-11/h2-6,8-9H,7H2,1H3,(H,15,17). The minimum absolute atomic E-state index is 0.796. The Labute approximate surface area is 120 Å². The summed E-state index contributed by atoms with van der Waals surface area (Å²) in [5, 5.41) is 9.44. The van der Waals surface area contributed by atoms with E-state index in [1.165, 1.54) is 5.56 Å². The molecule has 2 aromatic heterocycles. The van der Waals surface area contributed by atoms with Crippen molar-refractivity contribution in [2.75, 3.05) is 5.32 Å². The van der Waals surface area contributed by atoms with Crippen molar-refractivity contribution in [1.82, 2.24) is 9.97 Å². The maximum atomic E-state index is 4.56. The molecule has 2 heterocycles. The number of rotatable bonds is 4. The van der Waals surface area contributed by atoms with Crippen molar-refractivity contribution in [2.24, 2.45) is 0 Å². The second kappa shape index (κ2) is 5.50. The zero-order chi connectivity index (χ0) is 13.1. The van der Waals surface area contributed by atoms with Crippen LogP contribution in [0.4, 0.5) is 5.13 Å². The molecule has 0 saturated carbocycles. The topological polar surface area (TPSA) is 37.8 Å². The van der Waals surface area contributed by atoms with Crippen molar-refractivity contribution in [3.63, 3.8) is 0 Å². The summed E-state index contributed by atoms with van der Waals surface area (Å²) in [5.74, 6) is 0. The molecule has 0 radical (unpaired) electrons. The Morgan fingerprint density at radius 2 is 1.74 bits per heavy atom. The molecule has 3 aromatic rings. The fraction of sp³-hybridized carbons (Fsp3) is 0.143. The average Bonchev–Trinajstić information content (AvgIpc) is 3.06. The molecule has 0 saturated heterocycles. The van der Waals surface area contributed by atoms with E-state index < -0.39 is 0 Å². The van der Waals surface area contributed by atoms with Gasteiger partial charge < -0.3 is 5.32 Å². The molecule has 0 aliphatic carbocycles.